The average molecular weight is 436 g/mol. The van der Waals surface area contributed by atoms with E-state index in [9.17, 15) is 4.79 Å². The topological polar surface area (TPSA) is 84.1 Å². The van der Waals surface area contributed by atoms with Crippen molar-refractivity contribution in [1.82, 2.24) is 14.9 Å². The number of amides is 1. The minimum absolute atomic E-state index is 0.0627. The highest BCUT2D eigenvalue weighted by molar-refractivity contribution is 6.30. The summed E-state index contributed by atoms with van der Waals surface area (Å²) in [6.45, 7) is 4.32. The second kappa shape index (κ2) is 9.45. The first-order chi connectivity index (χ1) is 15.0. The molecule has 0 unspecified atom stereocenters. The van der Waals surface area contributed by atoms with Crippen LogP contribution in [0.1, 0.15) is 36.9 Å². The SMILES string of the molecule is CC(=O)Nc1ccc(CN2CCC[C@@H](c3nc(N)ncc3-c3ccc(Cl)cc3)C2)cc1. The van der Waals surface area contributed by atoms with Gasteiger partial charge < -0.3 is 11.1 Å². The maximum absolute atomic E-state index is 11.2. The number of anilines is 2. The molecule has 1 atom stereocenters. The van der Waals surface area contributed by atoms with Crippen LogP contribution in [0.5, 0.6) is 0 Å². The van der Waals surface area contributed by atoms with Crippen LogP contribution in [-0.4, -0.2) is 33.9 Å². The van der Waals surface area contributed by atoms with E-state index in [0.717, 1.165) is 55.0 Å². The van der Waals surface area contributed by atoms with Gasteiger partial charge in [0.2, 0.25) is 11.9 Å². The van der Waals surface area contributed by atoms with Crippen molar-refractivity contribution in [3.8, 4) is 11.1 Å². The van der Waals surface area contributed by atoms with Crippen LogP contribution in [0.15, 0.2) is 54.7 Å². The highest BCUT2D eigenvalue weighted by atomic mass is 35.5. The highest BCUT2D eigenvalue weighted by Crippen LogP contribution is 2.34. The summed E-state index contributed by atoms with van der Waals surface area (Å²) >= 11 is 6.06. The molecule has 3 aromatic rings. The van der Waals surface area contributed by atoms with Crippen LogP contribution < -0.4 is 11.1 Å². The molecule has 31 heavy (non-hydrogen) atoms. The maximum atomic E-state index is 11.2. The molecular weight excluding hydrogens is 410 g/mol. The Kier molecular flexibility index (Phi) is 6.49. The predicted octanol–water partition coefficient (Wildman–Crippen LogP) is 4.72. The van der Waals surface area contributed by atoms with E-state index in [1.54, 1.807) is 0 Å². The Morgan fingerprint density at radius 2 is 1.94 bits per heavy atom. The molecular formula is C24H26ClN5O. The summed E-state index contributed by atoms with van der Waals surface area (Å²) in [5.74, 6) is 0.522. The quantitative estimate of drug-likeness (QED) is 0.605. The Balaban J connectivity index is 1.51. The predicted molar refractivity (Wildman–Crippen MR) is 125 cm³/mol. The Hall–Kier alpha value is -2.96. The first-order valence-electron chi connectivity index (χ1n) is 10.4. The molecule has 160 valence electrons. The Morgan fingerprint density at radius 3 is 2.65 bits per heavy atom. The second-order valence-corrected chi connectivity index (χ2v) is 8.42. The zero-order valence-corrected chi connectivity index (χ0v) is 18.3. The number of carbonyl (C=O) groups excluding carboxylic acids is 1. The minimum atomic E-state index is -0.0627. The molecule has 1 aliphatic heterocycles. The smallest absolute Gasteiger partial charge is 0.221 e. The number of nitrogens with one attached hydrogen (secondary N) is 1. The van der Waals surface area contributed by atoms with Crippen molar-refractivity contribution in [1.29, 1.82) is 0 Å². The lowest BCUT2D eigenvalue weighted by atomic mass is 9.89. The standard InChI is InChI=1S/C24H26ClN5O/c1-16(31)28-21-10-4-17(5-11-21)14-30-12-2-3-19(15-30)23-22(13-27-24(26)29-23)18-6-8-20(25)9-7-18/h4-11,13,19H,2-3,12,14-15H2,1H3,(H,28,31)(H2,26,27,29)/t19-/m1/s1. The fraction of sp³-hybridized carbons (Fsp3) is 0.292. The molecule has 1 saturated heterocycles. The largest absolute Gasteiger partial charge is 0.368 e. The zero-order chi connectivity index (χ0) is 21.8. The van der Waals surface area contributed by atoms with Crippen molar-refractivity contribution >= 4 is 29.1 Å². The molecule has 1 amide bonds. The van der Waals surface area contributed by atoms with Crippen molar-refractivity contribution in [2.45, 2.75) is 32.2 Å². The highest BCUT2D eigenvalue weighted by Gasteiger charge is 2.25. The number of hydrogen-bond acceptors (Lipinski definition) is 5. The van der Waals surface area contributed by atoms with Gasteiger partial charge in [0.25, 0.3) is 0 Å². The summed E-state index contributed by atoms with van der Waals surface area (Å²) in [5.41, 5.74) is 11.0. The van der Waals surface area contributed by atoms with Gasteiger partial charge in [-0.05, 0) is 54.8 Å². The second-order valence-electron chi connectivity index (χ2n) is 7.99. The van der Waals surface area contributed by atoms with Gasteiger partial charge in [0.1, 0.15) is 0 Å². The fourth-order valence-corrected chi connectivity index (χ4v) is 4.28. The number of nitrogen functional groups attached to an aromatic ring is 1. The van der Waals surface area contributed by atoms with Crippen LogP contribution in [-0.2, 0) is 11.3 Å². The summed E-state index contributed by atoms with van der Waals surface area (Å²) in [5, 5.41) is 3.51. The maximum Gasteiger partial charge on any atom is 0.221 e. The third-order valence-corrected chi connectivity index (χ3v) is 5.82. The zero-order valence-electron chi connectivity index (χ0n) is 17.5. The molecule has 1 aromatic heterocycles. The van der Waals surface area contributed by atoms with E-state index in [4.69, 9.17) is 17.3 Å². The average Bonchev–Trinajstić information content (AvgIpc) is 2.76. The molecule has 0 radical (unpaired) electrons. The molecule has 0 saturated carbocycles. The fourth-order valence-electron chi connectivity index (χ4n) is 4.15. The van der Waals surface area contributed by atoms with Gasteiger partial charge in [0.05, 0.1) is 5.69 Å². The summed E-state index contributed by atoms with van der Waals surface area (Å²) in [6.07, 6.45) is 3.98. The first kappa shape index (κ1) is 21.3. The Morgan fingerprint density at radius 1 is 1.19 bits per heavy atom. The van der Waals surface area contributed by atoms with Crippen LogP contribution in [0.3, 0.4) is 0 Å². The molecule has 2 heterocycles. The lowest BCUT2D eigenvalue weighted by Crippen LogP contribution is -2.34. The third-order valence-electron chi connectivity index (χ3n) is 5.56. The van der Waals surface area contributed by atoms with Gasteiger partial charge in [0.15, 0.2) is 0 Å². The number of rotatable bonds is 5. The van der Waals surface area contributed by atoms with Crippen LogP contribution in [0, 0.1) is 0 Å². The van der Waals surface area contributed by atoms with E-state index < -0.39 is 0 Å². The van der Waals surface area contributed by atoms with Gasteiger partial charge in [-0.1, -0.05) is 35.9 Å². The van der Waals surface area contributed by atoms with Crippen molar-refractivity contribution in [2.24, 2.45) is 0 Å². The number of hydrogen-bond donors (Lipinski definition) is 2. The van der Waals surface area contributed by atoms with Gasteiger partial charge in [-0.2, -0.15) is 0 Å². The van der Waals surface area contributed by atoms with Gasteiger partial charge in [0, 0.05) is 48.4 Å². The molecule has 4 rings (SSSR count). The summed E-state index contributed by atoms with van der Waals surface area (Å²) < 4.78 is 0. The van der Waals surface area contributed by atoms with E-state index in [0.29, 0.717) is 11.0 Å². The van der Waals surface area contributed by atoms with E-state index >= 15 is 0 Å². The van der Waals surface area contributed by atoms with Crippen molar-refractivity contribution in [2.75, 3.05) is 24.1 Å². The van der Waals surface area contributed by atoms with Crippen LogP contribution in [0.2, 0.25) is 5.02 Å². The normalized spacial score (nSPS) is 16.8. The minimum Gasteiger partial charge on any atom is -0.368 e. The van der Waals surface area contributed by atoms with Gasteiger partial charge in [-0.25, -0.2) is 9.97 Å². The number of piperidine rings is 1. The molecule has 0 bridgehead atoms. The van der Waals surface area contributed by atoms with E-state index in [-0.39, 0.29) is 11.8 Å². The van der Waals surface area contributed by atoms with Crippen LogP contribution in [0.25, 0.3) is 11.1 Å². The van der Waals surface area contributed by atoms with Crippen LogP contribution in [0.4, 0.5) is 11.6 Å². The van der Waals surface area contributed by atoms with Gasteiger partial charge in [-0.3, -0.25) is 9.69 Å². The van der Waals surface area contributed by atoms with Crippen molar-refractivity contribution in [3.05, 3.63) is 71.0 Å². The molecule has 1 aliphatic rings. The van der Waals surface area contributed by atoms with Gasteiger partial charge >= 0.3 is 0 Å². The number of carbonyl (C=O) groups is 1. The molecule has 1 fully saturated rings. The van der Waals surface area contributed by atoms with Crippen molar-refractivity contribution < 1.29 is 4.79 Å². The molecule has 7 heteroatoms. The lowest BCUT2D eigenvalue weighted by Gasteiger charge is -2.33. The van der Waals surface area contributed by atoms with Gasteiger partial charge in [-0.15, -0.1) is 0 Å². The molecule has 0 aliphatic carbocycles. The molecule has 0 spiro atoms. The summed E-state index contributed by atoms with van der Waals surface area (Å²) in [4.78, 5) is 22.5. The Labute approximate surface area is 187 Å². The van der Waals surface area contributed by atoms with Crippen LogP contribution >= 0.6 is 11.6 Å². The van der Waals surface area contributed by atoms with E-state index in [1.165, 1.54) is 12.5 Å². The van der Waals surface area contributed by atoms with Crippen molar-refractivity contribution in [3.63, 3.8) is 0 Å². The number of likely N-dealkylation sites (tertiary alicyclic amines) is 1. The first-order valence-corrected chi connectivity index (χ1v) is 10.8. The molecule has 3 N–H and O–H groups in total. The number of halogens is 1. The number of nitrogens with two attached hydrogens (primary N) is 1. The Bertz CT molecular complexity index is 1050. The summed E-state index contributed by atoms with van der Waals surface area (Å²) in [7, 11) is 0. The molecule has 2 aromatic carbocycles. The number of nitrogens with zero attached hydrogens (tertiary/aromatic N) is 3. The lowest BCUT2D eigenvalue weighted by molar-refractivity contribution is -0.114. The third kappa shape index (κ3) is 5.40. The molecule has 6 nitrogen and oxygen atoms in total. The van der Waals surface area contributed by atoms with E-state index in [2.05, 4.69) is 32.3 Å². The monoisotopic (exact) mass is 435 g/mol. The number of aromatic nitrogens is 2. The number of benzene rings is 2. The summed E-state index contributed by atoms with van der Waals surface area (Å²) in [6, 6.07) is 15.8. The van der Waals surface area contributed by atoms with E-state index in [1.807, 2.05) is 42.6 Å².